The number of hydrogen-bond donors (Lipinski definition) is 4. The van der Waals surface area contributed by atoms with E-state index in [0.29, 0.717) is 25.8 Å². The molecule has 1 aliphatic rings. The fourth-order valence-corrected chi connectivity index (χ4v) is 6.01. The van der Waals surface area contributed by atoms with Crippen molar-refractivity contribution in [3.05, 3.63) is 0 Å². The number of carbonyl (C=O) groups excluding carboxylic acids is 3. The van der Waals surface area contributed by atoms with Crippen LogP contribution in [-0.4, -0.2) is 62.2 Å². The van der Waals surface area contributed by atoms with Gasteiger partial charge in [0.25, 0.3) is 0 Å². The number of rotatable bonds is 12. The Labute approximate surface area is 196 Å². The second-order valence-corrected chi connectivity index (χ2v) is 15.1. The van der Waals surface area contributed by atoms with Crippen molar-refractivity contribution in [1.82, 2.24) is 10.2 Å². The SMILES string of the molecule is CC(C)(C)C1CC(=O)N(CCCCCC(=O)NCCOP(=O)(O)O[PH](O)(O)C(C)(C)C)C1=O. The van der Waals surface area contributed by atoms with Gasteiger partial charge in [0, 0.05) is 6.42 Å². The maximum atomic E-state index is 12.4. The molecular formula is C20H40N2O9P2. The molecule has 0 spiro atoms. The minimum Gasteiger partial charge on any atom is -0.274 e. The molecule has 1 saturated heterocycles. The Bertz CT molecular complexity index is 760. The Balaban J connectivity index is 2.23. The van der Waals surface area contributed by atoms with Crippen LogP contribution in [0.2, 0.25) is 0 Å². The van der Waals surface area contributed by atoms with Gasteiger partial charge in [0.1, 0.15) is 0 Å². The summed E-state index contributed by atoms with van der Waals surface area (Å²) in [5.41, 5.74) is -0.257. The van der Waals surface area contributed by atoms with Gasteiger partial charge >= 0.3 is 131 Å². The first-order valence-electron chi connectivity index (χ1n) is 11.1. The van der Waals surface area contributed by atoms with E-state index in [2.05, 4.69) is 14.2 Å². The van der Waals surface area contributed by atoms with Crippen LogP contribution in [0.5, 0.6) is 0 Å². The van der Waals surface area contributed by atoms with Crippen molar-refractivity contribution in [2.45, 2.75) is 78.8 Å². The number of phosphoric ester groups is 1. The van der Waals surface area contributed by atoms with E-state index in [1.165, 1.54) is 25.7 Å². The molecule has 0 aliphatic carbocycles. The van der Waals surface area contributed by atoms with Crippen molar-refractivity contribution < 1.29 is 42.5 Å². The van der Waals surface area contributed by atoms with Gasteiger partial charge < -0.3 is 0 Å². The summed E-state index contributed by atoms with van der Waals surface area (Å²) >= 11 is 0. The van der Waals surface area contributed by atoms with Gasteiger partial charge in [-0.05, 0) is 5.41 Å². The third-order valence-electron chi connectivity index (χ3n) is 5.47. The van der Waals surface area contributed by atoms with Crippen LogP contribution >= 0.6 is 15.8 Å². The molecule has 1 heterocycles. The average molecular weight is 514 g/mol. The van der Waals surface area contributed by atoms with E-state index in [4.69, 9.17) is 0 Å². The molecule has 0 bridgehead atoms. The van der Waals surface area contributed by atoms with E-state index in [1.807, 2.05) is 20.8 Å². The largest absolute Gasteiger partial charge is 0.274 e. The Morgan fingerprint density at radius 1 is 1.15 bits per heavy atom. The number of imide groups is 1. The molecule has 1 fully saturated rings. The summed E-state index contributed by atoms with van der Waals surface area (Å²) in [4.78, 5) is 67.1. The van der Waals surface area contributed by atoms with Gasteiger partial charge in [-0.25, -0.2) is 0 Å². The van der Waals surface area contributed by atoms with Crippen LogP contribution < -0.4 is 5.32 Å². The molecule has 13 heteroatoms. The molecule has 1 rings (SSSR count). The monoisotopic (exact) mass is 514 g/mol. The molecule has 2 atom stereocenters. The molecule has 33 heavy (non-hydrogen) atoms. The normalized spacial score (nSPS) is 20.2. The Morgan fingerprint density at radius 3 is 2.27 bits per heavy atom. The zero-order valence-electron chi connectivity index (χ0n) is 20.4. The predicted octanol–water partition coefficient (Wildman–Crippen LogP) is 2.50. The van der Waals surface area contributed by atoms with Gasteiger partial charge in [-0.2, -0.15) is 0 Å². The van der Waals surface area contributed by atoms with Gasteiger partial charge in [-0.15, -0.1) is 0 Å². The van der Waals surface area contributed by atoms with Gasteiger partial charge in [-0.1, -0.05) is 20.8 Å². The zero-order valence-corrected chi connectivity index (χ0v) is 22.3. The minimum absolute atomic E-state index is 0.0569. The van der Waals surface area contributed by atoms with Crippen LogP contribution in [-0.2, 0) is 27.8 Å². The maximum absolute atomic E-state index is 12.4. The van der Waals surface area contributed by atoms with Crippen LogP contribution in [0.15, 0.2) is 0 Å². The van der Waals surface area contributed by atoms with Crippen LogP contribution in [0.3, 0.4) is 0 Å². The molecule has 194 valence electrons. The zero-order chi connectivity index (χ0) is 25.7. The fraction of sp³-hybridized carbons (Fsp3) is 0.850. The number of unbranched alkanes of at least 4 members (excludes halogenated alkanes) is 2. The molecule has 0 radical (unpaired) electrons. The summed E-state index contributed by atoms with van der Waals surface area (Å²) in [6, 6.07) is 0. The maximum Gasteiger partial charge on any atom is 0.233 e. The first-order chi connectivity index (χ1) is 14.9. The van der Waals surface area contributed by atoms with Gasteiger partial charge in [0.15, 0.2) is 0 Å². The number of hydrogen-bond acceptors (Lipinski definition) is 8. The van der Waals surface area contributed by atoms with Crippen LogP contribution in [0.4, 0.5) is 0 Å². The summed E-state index contributed by atoms with van der Waals surface area (Å²) in [5.74, 6) is -0.844. The number of amides is 3. The molecule has 4 N–H and O–H groups in total. The van der Waals surface area contributed by atoms with E-state index in [-0.39, 0.29) is 55.0 Å². The summed E-state index contributed by atoms with van der Waals surface area (Å²) in [6.45, 7) is 10.2. The molecule has 11 nitrogen and oxygen atoms in total. The first-order valence-corrected chi connectivity index (χ1v) is 14.4. The molecule has 1 aliphatic heterocycles. The van der Waals surface area contributed by atoms with Crippen LogP contribution in [0.1, 0.15) is 73.6 Å². The van der Waals surface area contributed by atoms with E-state index >= 15 is 0 Å². The van der Waals surface area contributed by atoms with Crippen molar-refractivity contribution >= 4 is 33.5 Å². The van der Waals surface area contributed by atoms with Gasteiger partial charge in [0.05, 0.1) is 5.92 Å². The second kappa shape index (κ2) is 11.7. The second-order valence-electron chi connectivity index (χ2n) is 10.4. The summed E-state index contributed by atoms with van der Waals surface area (Å²) in [5, 5.41) is 1.41. The minimum atomic E-state index is -4.69. The van der Waals surface area contributed by atoms with Crippen molar-refractivity contribution in [1.29, 1.82) is 0 Å². The van der Waals surface area contributed by atoms with Gasteiger partial charge in [-0.3, -0.25) is 14.5 Å². The van der Waals surface area contributed by atoms with Gasteiger partial charge in [0.2, 0.25) is 11.8 Å². The molecule has 0 saturated carbocycles. The number of phosphoric acid groups is 1. The topological polar surface area (TPSA) is 163 Å². The smallest absolute Gasteiger partial charge is 0.233 e. The number of likely N-dealkylation sites (tertiary alicyclic amines) is 1. The van der Waals surface area contributed by atoms with Crippen LogP contribution in [0.25, 0.3) is 0 Å². The Kier molecular flexibility index (Phi) is 10.6. The molecule has 0 aromatic carbocycles. The van der Waals surface area contributed by atoms with E-state index in [1.54, 1.807) is 0 Å². The molecule has 2 unspecified atom stereocenters. The first kappa shape index (κ1) is 30.1. The third kappa shape index (κ3) is 9.68. The standard InChI is InChI=1S/C20H40N2O9P2/c1-19(2,3)15-14-17(24)22(18(15)25)12-9-7-8-10-16(23)21-11-13-30-33(28,29)31-32(26,27)20(4,5)6/h15,26-27,32H,7-14H2,1-6H3,(H,21,23)(H,28,29). The van der Waals surface area contributed by atoms with Crippen molar-refractivity contribution in [2.75, 3.05) is 19.7 Å². The fourth-order valence-electron chi connectivity index (χ4n) is 3.09. The number of nitrogens with one attached hydrogen (secondary N) is 1. The van der Waals surface area contributed by atoms with E-state index < -0.39 is 20.9 Å². The molecular weight excluding hydrogens is 474 g/mol. The average Bonchev–Trinajstić information content (AvgIpc) is 2.91. The molecule has 0 aromatic rings. The quantitative estimate of drug-likeness (QED) is 0.174. The summed E-state index contributed by atoms with van der Waals surface area (Å²) in [6.07, 6.45) is 2.29. The van der Waals surface area contributed by atoms with E-state index in [9.17, 15) is 33.6 Å². The summed E-state index contributed by atoms with van der Waals surface area (Å²) in [7, 11) is -9.14. The van der Waals surface area contributed by atoms with E-state index in [0.717, 1.165) is 0 Å². The van der Waals surface area contributed by atoms with Crippen LogP contribution in [0, 0.1) is 11.3 Å². The van der Waals surface area contributed by atoms with Crippen molar-refractivity contribution in [3.8, 4) is 0 Å². The summed E-state index contributed by atoms with van der Waals surface area (Å²) < 4.78 is 21.1. The van der Waals surface area contributed by atoms with Crippen molar-refractivity contribution in [2.24, 2.45) is 11.3 Å². The predicted molar refractivity (Wildman–Crippen MR) is 125 cm³/mol. The Morgan fingerprint density at radius 2 is 1.76 bits per heavy atom. The molecule has 3 amide bonds. The molecule has 0 aromatic heterocycles. The third-order valence-corrected chi connectivity index (χ3v) is 9.88. The number of nitrogens with zero attached hydrogens (tertiary/aromatic N) is 1. The Hall–Kier alpha value is -0.930. The number of carbonyl (C=O) groups is 3. The van der Waals surface area contributed by atoms with Crippen molar-refractivity contribution in [3.63, 3.8) is 0 Å².